The number of allylic oxidation sites excluding steroid dienone is 1. The van der Waals surface area contributed by atoms with Crippen LogP contribution in [0.1, 0.15) is 0 Å². The molecule has 0 fully saturated rings. The summed E-state index contributed by atoms with van der Waals surface area (Å²) in [4.78, 5) is 9.99. The van der Waals surface area contributed by atoms with Crippen molar-refractivity contribution in [1.29, 1.82) is 0 Å². The molecule has 0 bridgehead atoms. The fourth-order valence-corrected chi connectivity index (χ4v) is 0.955. The third kappa shape index (κ3) is 1.20. The lowest BCUT2D eigenvalue weighted by Crippen LogP contribution is -1.90. The van der Waals surface area contributed by atoms with Gasteiger partial charge in [0.2, 0.25) is 0 Å². The molecule has 0 aromatic carbocycles. The van der Waals surface area contributed by atoms with Crippen LogP contribution >= 0.6 is 11.9 Å². The molecule has 1 aliphatic heterocycles. The third-order valence-electron chi connectivity index (χ3n) is 0.806. The van der Waals surface area contributed by atoms with Crippen molar-refractivity contribution in [2.45, 2.75) is 0 Å². The Morgan fingerprint density at radius 2 is 2.75 bits per heavy atom. The fraction of sp³-hybridized carbons (Fsp3) is 0.200. The molecule has 0 aromatic rings. The molecule has 0 aromatic heterocycles. The lowest BCUT2D eigenvalue weighted by atomic mass is 10.3. The molecule has 0 aliphatic carbocycles. The van der Waals surface area contributed by atoms with Crippen molar-refractivity contribution in [3.8, 4) is 0 Å². The van der Waals surface area contributed by atoms with Crippen LogP contribution in [0.25, 0.3) is 0 Å². The predicted molar refractivity (Wildman–Crippen MR) is 35.1 cm³/mol. The molecule has 3 heteroatoms. The Morgan fingerprint density at radius 1 is 1.88 bits per heavy atom. The topological polar surface area (TPSA) is 29.4 Å². The van der Waals surface area contributed by atoms with Crippen molar-refractivity contribution >= 4 is 24.4 Å². The third-order valence-corrected chi connectivity index (χ3v) is 1.38. The molecule has 0 saturated carbocycles. The van der Waals surface area contributed by atoms with Crippen LogP contribution in [0.3, 0.4) is 0 Å². The first kappa shape index (κ1) is 5.56. The van der Waals surface area contributed by atoms with Crippen LogP contribution in [0.15, 0.2) is 16.0 Å². The number of carbonyl (C=O) groups excluding carboxylic acids is 1. The second-order valence-corrected chi connectivity index (χ2v) is 2.15. The van der Waals surface area contributed by atoms with Crippen LogP contribution in [-0.4, -0.2) is 18.3 Å². The van der Waals surface area contributed by atoms with Gasteiger partial charge in [-0.05, 0) is 11.9 Å². The molecular formula is C5H5NOS. The Hall–Kier alpha value is -0.570. The van der Waals surface area contributed by atoms with E-state index in [1.807, 2.05) is 6.08 Å². The van der Waals surface area contributed by atoms with Gasteiger partial charge < -0.3 is 0 Å². The van der Waals surface area contributed by atoms with Crippen molar-refractivity contribution in [2.24, 2.45) is 4.40 Å². The van der Waals surface area contributed by atoms with Crippen LogP contribution in [0, 0.1) is 0 Å². The van der Waals surface area contributed by atoms with Crippen molar-refractivity contribution < 1.29 is 4.79 Å². The predicted octanol–water partition coefficient (Wildman–Crippen LogP) is 0.844. The number of carbonyl (C=O) groups is 1. The van der Waals surface area contributed by atoms with E-state index in [4.69, 9.17) is 0 Å². The van der Waals surface area contributed by atoms with E-state index in [1.54, 1.807) is 6.21 Å². The van der Waals surface area contributed by atoms with Gasteiger partial charge in [-0.1, -0.05) is 6.08 Å². The Bertz CT molecular complexity index is 151. The zero-order valence-corrected chi connectivity index (χ0v) is 5.02. The van der Waals surface area contributed by atoms with Crippen LogP contribution in [0.2, 0.25) is 0 Å². The smallest absolute Gasteiger partial charge is 0.151 e. The van der Waals surface area contributed by atoms with E-state index in [-0.39, 0.29) is 0 Å². The molecular weight excluding hydrogens is 122 g/mol. The number of nitrogens with zero attached hydrogens (tertiary/aromatic N) is 1. The molecule has 1 aliphatic rings. The van der Waals surface area contributed by atoms with E-state index in [0.717, 1.165) is 12.0 Å². The molecule has 0 unspecified atom stereocenters. The zero-order valence-electron chi connectivity index (χ0n) is 4.20. The van der Waals surface area contributed by atoms with Gasteiger partial charge in [-0.3, -0.25) is 4.79 Å². The maximum Gasteiger partial charge on any atom is 0.151 e. The molecule has 0 amide bonds. The van der Waals surface area contributed by atoms with E-state index in [2.05, 4.69) is 4.40 Å². The molecule has 1 heterocycles. The molecule has 0 saturated heterocycles. The fourth-order valence-electron chi connectivity index (χ4n) is 0.406. The summed E-state index contributed by atoms with van der Waals surface area (Å²) in [5.74, 6) is 0.824. The lowest BCUT2D eigenvalue weighted by molar-refractivity contribution is -0.104. The van der Waals surface area contributed by atoms with Gasteiger partial charge in [0.15, 0.2) is 6.29 Å². The maximum atomic E-state index is 9.99. The first-order valence-corrected chi connectivity index (χ1v) is 3.18. The highest BCUT2D eigenvalue weighted by Gasteiger charge is 1.93. The number of hydrogen-bond donors (Lipinski definition) is 0. The molecule has 42 valence electrons. The molecule has 0 spiro atoms. The SMILES string of the molecule is O=CC1=CCSN=C1. The van der Waals surface area contributed by atoms with E-state index in [1.165, 1.54) is 11.9 Å². The average molecular weight is 127 g/mol. The monoisotopic (exact) mass is 127 g/mol. The van der Waals surface area contributed by atoms with Crippen molar-refractivity contribution in [3.63, 3.8) is 0 Å². The molecule has 8 heavy (non-hydrogen) atoms. The van der Waals surface area contributed by atoms with E-state index in [9.17, 15) is 4.79 Å². The van der Waals surface area contributed by atoms with Gasteiger partial charge in [-0.2, -0.15) is 0 Å². The van der Waals surface area contributed by atoms with Crippen LogP contribution in [0.5, 0.6) is 0 Å². The van der Waals surface area contributed by atoms with Crippen LogP contribution < -0.4 is 0 Å². The first-order chi connectivity index (χ1) is 3.93. The molecule has 0 radical (unpaired) electrons. The van der Waals surface area contributed by atoms with Crippen LogP contribution in [0.4, 0.5) is 0 Å². The van der Waals surface area contributed by atoms with E-state index >= 15 is 0 Å². The largest absolute Gasteiger partial charge is 0.298 e. The van der Waals surface area contributed by atoms with Crippen molar-refractivity contribution in [3.05, 3.63) is 11.6 Å². The Kier molecular flexibility index (Phi) is 1.86. The summed E-state index contributed by atoms with van der Waals surface area (Å²) < 4.78 is 3.82. The van der Waals surface area contributed by atoms with Crippen molar-refractivity contribution in [2.75, 3.05) is 5.75 Å². The van der Waals surface area contributed by atoms with Crippen LogP contribution in [-0.2, 0) is 4.79 Å². The van der Waals surface area contributed by atoms with E-state index < -0.39 is 0 Å². The quantitative estimate of drug-likeness (QED) is 0.386. The van der Waals surface area contributed by atoms with Gasteiger partial charge in [-0.15, -0.1) is 0 Å². The Labute approximate surface area is 51.8 Å². The maximum absolute atomic E-state index is 9.99. The highest BCUT2D eigenvalue weighted by molar-refractivity contribution is 7.98. The molecule has 1 rings (SSSR count). The second-order valence-electron chi connectivity index (χ2n) is 1.35. The Balaban J connectivity index is 2.64. The molecule has 2 nitrogen and oxygen atoms in total. The summed E-state index contributed by atoms with van der Waals surface area (Å²) >= 11 is 1.45. The second kappa shape index (κ2) is 2.67. The molecule has 0 atom stereocenters. The normalized spacial score (nSPS) is 17.8. The zero-order chi connectivity index (χ0) is 5.82. The van der Waals surface area contributed by atoms with Gasteiger partial charge >= 0.3 is 0 Å². The van der Waals surface area contributed by atoms with Gasteiger partial charge in [0.1, 0.15) is 0 Å². The number of aldehydes is 1. The summed E-state index contributed by atoms with van der Waals surface area (Å²) in [5, 5.41) is 0. The minimum absolute atomic E-state index is 0.684. The standard InChI is InChI=1S/C5H5NOS/c7-4-5-1-2-8-6-3-5/h1,3-4H,2H2. The number of hydrogen-bond acceptors (Lipinski definition) is 3. The van der Waals surface area contributed by atoms with Gasteiger partial charge in [-0.25, -0.2) is 4.40 Å². The molecule has 0 N–H and O–H groups in total. The summed E-state index contributed by atoms with van der Waals surface area (Å²) in [5.41, 5.74) is 0.684. The Morgan fingerprint density at radius 3 is 3.12 bits per heavy atom. The summed E-state index contributed by atoms with van der Waals surface area (Å²) in [6.07, 6.45) is 4.23. The van der Waals surface area contributed by atoms with Gasteiger partial charge in [0.05, 0.1) is 0 Å². The lowest BCUT2D eigenvalue weighted by Gasteiger charge is -1.94. The van der Waals surface area contributed by atoms with Gasteiger partial charge in [0.25, 0.3) is 0 Å². The summed E-state index contributed by atoms with van der Waals surface area (Å²) in [6, 6.07) is 0. The van der Waals surface area contributed by atoms with Crippen molar-refractivity contribution in [1.82, 2.24) is 0 Å². The van der Waals surface area contributed by atoms with E-state index in [0.29, 0.717) is 5.57 Å². The summed E-state index contributed by atoms with van der Waals surface area (Å²) in [7, 11) is 0. The minimum Gasteiger partial charge on any atom is -0.298 e. The minimum atomic E-state index is 0.684. The highest BCUT2D eigenvalue weighted by Crippen LogP contribution is 2.07. The number of rotatable bonds is 1. The average Bonchev–Trinajstić information content (AvgIpc) is 1.90. The first-order valence-electron chi connectivity index (χ1n) is 2.24. The highest BCUT2D eigenvalue weighted by atomic mass is 32.2. The van der Waals surface area contributed by atoms with Gasteiger partial charge in [0, 0.05) is 17.5 Å². The summed E-state index contributed by atoms with van der Waals surface area (Å²) in [6.45, 7) is 0.